The van der Waals surface area contributed by atoms with Gasteiger partial charge in [-0.1, -0.05) is 83.6 Å². The molecule has 0 radical (unpaired) electrons. The third kappa shape index (κ3) is 10.8. The van der Waals surface area contributed by atoms with Crippen LogP contribution in [0, 0.1) is 11.3 Å². The minimum absolute atomic E-state index is 0.291. The second-order valence-electron chi connectivity index (χ2n) is 12.4. The van der Waals surface area contributed by atoms with Crippen LogP contribution in [0.15, 0.2) is 72.8 Å². The van der Waals surface area contributed by atoms with E-state index >= 15 is 0 Å². The Hall–Kier alpha value is -3.40. The van der Waals surface area contributed by atoms with Crippen LogP contribution >= 0.6 is 0 Å². The summed E-state index contributed by atoms with van der Waals surface area (Å²) in [6.45, 7) is 13.1. The van der Waals surface area contributed by atoms with Crippen LogP contribution in [0.3, 0.4) is 0 Å². The molecular weight excluding hydrogens is 538 g/mol. The van der Waals surface area contributed by atoms with Crippen LogP contribution in [0.4, 0.5) is 0 Å². The summed E-state index contributed by atoms with van der Waals surface area (Å²) >= 11 is 0. The lowest BCUT2D eigenvalue weighted by atomic mass is 10.0. The largest absolute Gasteiger partial charge is 0.494 e. The van der Waals surface area contributed by atoms with Crippen molar-refractivity contribution in [2.75, 3.05) is 13.2 Å². The number of nitrogens with zero attached hydrogens (tertiary/aromatic N) is 1. The van der Waals surface area contributed by atoms with E-state index in [-0.39, 0.29) is 0 Å². The number of benzene rings is 3. The zero-order chi connectivity index (χ0) is 30.4. The van der Waals surface area contributed by atoms with Crippen LogP contribution in [0.5, 0.6) is 11.5 Å². The van der Waals surface area contributed by atoms with Gasteiger partial charge in [-0.15, -0.1) is 0 Å². The summed E-state index contributed by atoms with van der Waals surface area (Å²) in [5.41, 5.74) is 3.08. The molecule has 0 N–H and O–H groups in total. The van der Waals surface area contributed by atoms with E-state index in [0.29, 0.717) is 28.5 Å². The highest BCUT2D eigenvalue weighted by Crippen LogP contribution is 2.36. The first-order chi connectivity index (χ1) is 20.1. The Labute approximate surface area is 254 Å². The van der Waals surface area contributed by atoms with Gasteiger partial charge in [-0.3, -0.25) is 0 Å². The zero-order valence-electron chi connectivity index (χ0n) is 26.1. The fourth-order valence-corrected chi connectivity index (χ4v) is 5.39. The molecule has 0 aliphatic carbocycles. The van der Waals surface area contributed by atoms with Crippen molar-refractivity contribution < 1.29 is 18.7 Å². The molecule has 0 atom stereocenters. The Morgan fingerprint density at radius 3 is 1.69 bits per heavy atom. The molecule has 0 unspecified atom stereocenters. The quantitative estimate of drug-likeness (QED) is 0.0724. The number of carbonyl (C=O) groups is 1. The molecule has 0 bridgehead atoms. The normalized spacial score (nSPS) is 11.6. The highest BCUT2D eigenvalue weighted by molar-refractivity contribution is 6.74. The first kappa shape index (κ1) is 33.1. The van der Waals surface area contributed by atoms with Gasteiger partial charge in [-0.25, -0.2) is 4.79 Å². The number of rotatable bonds is 16. The van der Waals surface area contributed by atoms with Crippen LogP contribution in [0.25, 0.3) is 11.1 Å². The Morgan fingerprint density at radius 2 is 1.17 bits per heavy atom. The summed E-state index contributed by atoms with van der Waals surface area (Å²) < 4.78 is 17.7. The second-order valence-corrected chi connectivity index (χ2v) is 17.2. The van der Waals surface area contributed by atoms with E-state index < -0.39 is 14.3 Å². The van der Waals surface area contributed by atoms with Crippen molar-refractivity contribution in [2.24, 2.45) is 0 Å². The van der Waals surface area contributed by atoms with Gasteiger partial charge in [0.25, 0.3) is 0 Å². The number of ether oxygens (including phenoxy) is 2. The van der Waals surface area contributed by atoms with E-state index in [9.17, 15) is 4.79 Å². The third-order valence-corrected chi connectivity index (χ3v) is 12.6. The maximum Gasteiger partial charge on any atom is 0.343 e. The van der Waals surface area contributed by atoms with Crippen molar-refractivity contribution in [3.05, 3.63) is 83.9 Å². The predicted octanol–water partition coefficient (Wildman–Crippen LogP) is 9.97. The van der Waals surface area contributed by atoms with Crippen molar-refractivity contribution in [1.82, 2.24) is 0 Å². The number of esters is 1. The minimum Gasteiger partial charge on any atom is -0.494 e. The third-order valence-electron chi connectivity index (χ3n) is 8.08. The average Bonchev–Trinajstić information content (AvgIpc) is 2.98. The summed E-state index contributed by atoms with van der Waals surface area (Å²) in [4.78, 5) is 12.6. The average molecular weight is 586 g/mol. The maximum absolute atomic E-state index is 12.6. The smallest absolute Gasteiger partial charge is 0.343 e. The fourth-order valence-electron chi connectivity index (χ4n) is 4.30. The fraction of sp³-hybridized carbons (Fsp3) is 0.444. The van der Waals surface area contributed by atoms with Crippen LogP contribution in [0.2, 0.25) is 18.1 Å². The van der Waals surface area contributed by atoms with Gasteiger partial charge in [0.1, 0.15) is 11.5 Å². The molecule has 0 aliphatic heterocycles. The van der Waals surface area contributed by atoms with Crippen molar-refractivity contribution >= 4 is 14.3 Å². The molecule has 224 valence electrons. The van der Waals surface area contributed by atoms with Gasteiger partial charge in [0.2, 0.25) is 0 Å². The number of unbranched alkanes of at least 4 members (excludes halogenated alkanes) is 7. The maximum atomic E-state index is 12.6. The van der Waals surface area contributed by atoms with Crippen molar-refractivity contribution in [2.45, 2.75) is 90.3 Å². The molecule has 0 aliphatic rings. The Morgan fingerprint density at radius 1 is 0.690 bits per heavy atom. The Bertz CT molecular complexity index is 1270. The summed E-state index contributed by atoms with van der Waals surface area (Å²) in [6, 6.07) is 23.9. The Balaban J connectivity index is 1.25. The molecule has 3 rings (SSSR count). The van der Waals surface area contributed by atoms with Gasteiger partial charge in [-0.2, -0.15) is 5.26 Å². The first-order valence-electron chi connectivity index (χ1n) is 15.3. The van der Waals surface area contributed by atoms with E-state index in [4.69, 9.17) is 19.2 Å². The van der Waals surface area contributed by atoms with Crippen molar-refractivity contribution in [3.8, 4) is 28.7 Å². The molecule has 3 aromatic carbocycles. The summed E-state index contributed by atoms with van der Waals surface area (Å²) in [5, 5.41) is 9.25. The van der Waals surface area contributed by atoms with Crippen molar-refractivity contribution in [3.63, 3.8) is 0 Å². The van der Waals surface area contributed by atoms with E-state index in [1.807, 2.05) is 36.4 Å². The van der Waals surface area contributed by atoms with Crippen LogP contribution in [-0.4, -0.2) is 27.5 Å². The summed E-state index contributed by atoms with van der Waals surface area (Å²) in [5.74, 6) is 0.836. The monoisotopic (exact) mass is 585 g/mol. The lowest BCUT2D eigenvalue weighted by Gasteiger charge is -2.36. The number of hydrogen-bond donors (Lipinski definition) is 0. The summed E-state index contributed by atoms with van der Waals surface area (Å²) in [7, 11) is -1.60. The van der Waals surface area contributed by atoms with Gasteiger partial charge >= 0.3 is 5.97 Å². The molecular formula is C36H47NO4Si. The topological polar surface area (TPSA) is 68.6 Å². The lowest BCUT2D eigenvalue weighted by molar-refractivity contribution is 0.0734. The second kappa shape index (κ2) is 16.3. The van der Waals surface area contributed by atoms with E-state index in [0.717, 1.165) is 29.9 Å². The minimum atomic E-state index is -1.60. The first-order valence-corrected chi connectivity index (χ1v) is 18.2. The molecule has 6 heteroatoms. The molecule has 0 heterocycles. The predicted molar refractivity (Wildman–Crippen MR) is 174 cm³/mol. The molecule has 0 spiro atoms. The standard InChI is InChI=1S/C36H47NO4Si/c1-36(2,3)42(4,5)40-27-13-11-9-7-6-8-10-12-26-39-33-22-20-32(21-23-33)35(38)41-34-24-18-31(19-25-34)30-16-14-29(28-37)15-17-30/h14-25H,6-13,26-27H2,1-5H3. The van der Waals surface area contributed by atoms with Gasteiger partial charge in [-0.05, 0) is 90.6 Å². The van der Waals surface area contributed by atoms with Gasteiger partial charge < -0.3 is 13.9 Å². The van der Waals surface area contributed by atoms with E-state index in [2.05, 4.69) is 39.9 Å². The molecule has 0 amide bonds. The highest BCUT2D eigenvalue weighted by Gasteiger charge is 2.36. The van der Waals surface area contributed by atoms with E-state index in [1.54, 1.807) is 36.4 Å². The Kier molecular flexibility index (Phi) is 12.8. The van der Waals surface area contributed by atoms with Gasteiger partial charge in [0, 0.05) is 6.61 Å². The van der Waals surface area contributed by atoms with Gasteiger partial charge in [0.15, 0.2) is 8.32 Å². The summed E-state index contributed by atoms with van der Waals surface area (Å²) in [6.07, 6.45) is 9.72. The van der Waals surface area contributed by atoms with Crippen LogP contribution < -0.4 is 9.47 Å². The molecule has 42 heavy (non-hydrogen) atoms. The highest BCUT2D eigenvalue weighted by atomic mass is 28.4. The van der Waals surface area contributed by atoms with E-state index in [1.165, 1.54) is 44.9 Å². The number of carbonyl (C=O) groups excluding carboxylic acids is 1. The zero-order valence-corrected chi connectivity index (χ0v) is 27.1. The molecule has 5 nitrogen and oxygen atoms in total. The van der Waals surface area contributed by atoms with Crippen molar-refractivity contribution in [1.29, 1.82) is 5.26 Å². The lowest BCUT2D eigenvalue weighted by Crippen LogP contribution is -2.40. The SMILES string of the molecule is CC(C)(C)[Si](C)(C)OCCCCCCCCCCOc1ccc(C(=O)Oc2ccc(-c3ccc(C#N)cc3)cc2)cc1. The molecule has 0 saturated heterocycles. The molecule has 0 saturated carbocycles. The van der Waals surface area contributed by atoms with Crippen LogP contribution in [0.1, 0.15) is 88.1 Å². The molecule has 0 fully saturated rings. The van der Waals surface area contributed by atoms with Gasteiger partial charge in [0.05, 0.1) is 23.8 Å². The number of nitriles is 1. The van der Waals surface area contributed by atoms with Crippen LogP contribution in [-0.2, 0) is 4.43 Å². The molecule has 3 aromatic rings. The number of hydrogen-bond acceptors (Lipinski definition) is 5. The molecule has 0 aromatic heterocycles.